The van der Waals surface area contributed by atoms with E-state index in [1.807, 2.05) is 27.7 Å². The molecule has 1 saturated heterocycles. The van der Waals surface area contributed by atoms with Crippen LogP contribution >= 0.6 is 12.6 Å². The maximum atomic E-state index is 14.9. The Hall–Kier alpha value is -5.11. The standard InChI is InChI=1S/C52H98N14O10S/c1-34(2)31-40(50(74)64-41(33-77)46(57)70)63-48(72)37(20-10-14-26-54)60-44(69)32-66-30-18-6-5-17-29-58-51(75)45(35(3)4)65-43(68)24-8-7-23-42(67)59-36(19-9-13-25-53)47(71)61-38(21-11-15-27-55)49(73)62-39(52(66)76)22-12-16-28-56/h34-41,45,77H,5-33,53-56H2,1-4H3,(H2,57,70)(H,58,75)(H,59,67)(H,60,69)(H,61,71)(H,62,73)(H,63,72)(H,64,74)(H,65,68)/t36-,37-,38-,39-,40+,41-,45-/m0/s1. The van der Waals surface area contributed by atoms with Gasteiger partial charge in [-0.2, -0.15) is 12.6 Å². The second kappa shape index (κ2) is 41.0. The fraction of sp³-hybridized carbons (Fsp3) is 0.808. The highest BCUT2D eigenvalue weighted by Gasteiger charge is 2.34. The summed E-state index contributed by atoms with van der Waals surface area (Å²) in [6, 6.07) is -7.52. The van der Waals surface area contributed by atoms with Gasteiger partial charge in [-0.05, 0) is 147 Å². The third-order valence-electron chi connectivity index (χ3n) is 13.1. The molecule has 18 N–H and O–H groups in total. The molecule has 77 heavy (non-hydrogen) atoms. The Morgan fingerprint density at radius 2 is 1.08 bits per heavy atom. The summed E-state index contributed by atoms with van der Waals surface area (Å²) in [5.41, 5.74) is 28.7. The van der Waals surface area contributed by atoms with Gasteiger partial charge < -0.3 is 76.1 Å². The zero-order chi connectivity index (χ0) is 57.7. The SMILES string of the molecule is CC(C)C[C@@H](NC(=O)[C@H](CCCCN)NC(=O)CN1CCCCCCNC(=O)[C@H](C(C)C)NC(=O)CCCCC(=O)N[C@@H](CCCCN)C(=O)N[C@@H](CCCCN)C(=O)N[C@@H](CCCCN)C1=O)C(=O)N[C@@H](CS)C(N)=O. The van der Waals surface area contributed by atoms with Gasteiger partial charge in [0.25, 0.3) is 0 Å². The van der Waals surface area contributed by atoms with Gasteiger partial charge in [-0.1, -0.05) is 40.5 Å². The minimum atomic E-state index is -1.18. The summed E-state index contributed by atoms with van der Waals surface area (Å²) in [6.45, 7) is 8.49. The molecule has 442 valence electrons. The number of thiol groups is 1. The third kappa shape index (κ3) is 30.0. The molecular weight excluding hydrogens is 1010 g/mol. The molecule has 7 atom stereocenters. The van der Waals surface area contributed by atoms with Crippen LogP contribution in [-0.4, -0.2) is 158 Å². The van der Waals surface area contributed by atoms with Crippen LogP contribution in [0.3, 0.4) is 0 Å². The Morgan fingerprint density at radius 3 is 1.61 bits per heavy atom. The molecule has 0 aromatic rings. The van der Waals surface area contributed by atoms with Gasteiger partial charge in [-0.25, -0.2) is 0 Å². The summed E-state index contributed by atoms with van der Waals surface area (Å²) < 4.78 is 0. The molecule has 25 heteroatoms. The third-order valence-corrected chi connectivity index (χ3v) is 13.5. The molecule has 24 nitrogen and oxygen atoms in total. The molecule has 0 spiro atoms. The minimum absolute atomic E-state index is 0.0141. The maximum Gasteiger partial charge on any atom is 0.245 e. The molecule has 0 unspecified atom stereocenters. The molecular formula is C52H98N14O10S. The number of hydrogen-bond donors (Lipinski definition) is 14. The molecule has 1 heterocycles. The molecule has 0 bridgehead atoms. The molecule has 0 radical (unpaired) electrons. The van der Waals surface area contributed by atoms with Crippen molar-refractivity contribution in [2.24, 2.45) is 40.5 Å². The summed E-state index contributed by atoms with van der Waals surface area (Å²) in [5, 5.41) is 22.3. The Kier molecular flexibility index (Phi) is 37.2. The van der Waals surface area contributed by atoms with E-state index >= 15 is 0 Å². The summed E-state index contributed by atoms with van der Waals surface area (Å²) >= 11 is 4.11. The van der Waals surface area contributed by atoms with Crippen molar-refractivity contribution in [2.45, 2.75) is 205 Å². The average Bonchev–Trinajstić information content (AvgIpc) is 3.37. The lowest BCUT2D eigenvalue weighted by molar-refractivity contribution is -0.141. The van der Waals surface area contributed by atoms with Crippen molar-refractivity contribution < 1.29 is 47.9 Å². The number of nitrogens with two attached hydrogens (primary N) is 5. The van der Waals surface area contributed by atoms with Gasteiger partial charge in [-0.15, -0.1) is 0 Å². The quantitative estimate of drug-likeness (QED) is 0.0334. The van der Waals surface area contributed by atoms with E-state index in [1.54, 1.807) is 0 Å². The predicted octanol–water partition coefficient (Wildman–Crippen LogP) is -0.908. The normalized spacial score (nSPS) is 20.7. The molecule has 1 aliphatic rings. The maximum absolute atomic E-state index is 14.9. The lowest BCUT2D eigenvalue weighted by atomic mass is 10.0. The number of hydrogen-bond acceptors (Lipinski definition) is 15. The number of carbonyl (C=O) groups excluding carboxylic acids is 10. The van der Waals surface area contributed by atoms with E-state index in [2.05, 4.69) is 55.2 Å². The Labute approximate surface area is 462 Å². The van der Waals surface area contributed by atoms with Crippen molar-refractivity contribution in [3.05, 3.63) is 0 Å². The summed E-state index contributed by atoms with van der Waals surface area (Å²) in [7, 11) is 0. The Balaban J connectivity index is 3.76. The summed E-state index contributed by atoms with van der Waals surface area (Å²) in [4.78, 5) is 138. The van der Waals surface area contributed by atoms with Crippen molar-refractivity contribution in [3.8, 4) is 0 Å². The van der Waals surface area contributed by atoms with Crippen molar-refractivity contribution in [3.63, 3.8) is 0 Å². The van der Waals surface area contributed by atoms with Gasteiger partial charge in [0.1, 0.15) is 42.3 Å². The van der Waals surface area contributed by atoms with Crippen LogP contribution in [0.15, 0.2) is 0 Å². The topological polar surface area (TPSA) is 400 Å². The first-order valence-electron chi connectivity index (χ1n) is 28.1. The van der Waals surface area contributed by atoms with Gasteiger partial charge >= 0.3 is 0 Å². The van der Waals surface area contributed by atoms with Crippen LogP contribution in [0.25, 0.3) is 0 Å². The largest absolute Gasteiger partial charge is 0.368 e. The number of amides is 10. The number of rotatable bonds is 28. The molecule has 0 aliphatic carbocycles. The zero-order valence-corrected chi connectivity index (χ0v) is 47.5. The van der Waals surface area contributed by atoms with Gasteiger partial charge in [0.05, 0.1) is 6.54 Å². The first kappa shape index (κ1) is 69.9. The van der Waals surface area contributed by atoms with E-state index in [1.165, 1.54) is 4.90 Å². The highest BCUT2D eigenvalue weighted by molar-refractivity contribution is 7.80. The number of unbranched alkanes of at least 4 members (excludes halogenated alkanes) is 4. The summed E-state index contributed by atoms with van der Waals surface area (Å²) in [6.07, 6.45) is 7.69. The lowest BCUT2D eigenvalue weighted by Gasteiger charge is -2.30. The molecule has 1 aliphatic heterocycles. The van der Waals surface area contributed by atoms with E-state index in [0.717, 1.165) is 0 Å². The van der Waals surface area contributed by atoms with Crippen LogP contribution in [0.4, 0.5) is 0 Å². The average molecular weight is 1110 g/mol. The van der Waals surface area contributed by atoms with E-state index < -0.39 is 96.1 Å². The number of carbonyl (C=O) groups is 10. The molecule has 1 rings (SSSR count). The smallest absolute Gasteiger partial charge is 0.245 e. The van der Waals surface area contributed by atoms with E-state index in [-0.39, 0.29) is 80.9 Å². The van der Waals surface area contributed by atoms with Crippen molar-refractivity contribution in [1.29, 1.82) is 0 Å². The van der Waals surface area contributed by atoms with Gasteiger partial charge in [0.15, 0.2) is 0 Å². The van der Waals surface area contributed by atoms with Crippen LogP contribution in [0.1, 0.15) is 163 Å². The van der Waals surface area contributed by atoms with Crippen LogP contribution < -0.4 is 71.2 Å². The van der Waals surface area contributed by atoms with Crippen molar-refractivity contribution in [2.75, 3.05) is 51.6 Å². The zero-order valence-electron chi connectivity index (χ0n) is 46.6. The summed E-state index contributed by atoms with van der Waals surface area (Å²) in [5.74, 6) is -6.16. The van der Waals surface area contributed by atoms with Gasteiger partial charge in [0, 0.05) is 31.7 Å². The van der Waals surface area contributed by atoms with Crippen LogP contribution in [0, 0.1) is 11.8 Å². The number of nitrogens with one attached hydrogen (secondary N) is 8. The highest BCUT2D eigenvalue weighted by atomic mass is 32.1. The van der Waals surface area contributed by atoms with Crippen LogP contribution in [0.2, 0.25) is 0 Å². The number of nitrogens with zero attached hydrogens (tertiary/aromatic N) is 1. The van der Waals surface area contributed by atoms with Gasteiger partial charge in [-0.3, -0.25) is 47.9 Å². The van der Waals surface area contributed by atoms with E-state index in [0.29, 0.717) is 123 Å². The lowest BCUT2D eigenvalue weighted by Crippen LogP contribution is -2.58. The van der Waals surface area contributed by atoms with Crippen LogP contribution in [-0.2, 0) is 47.9 Å². The Morgan fingerprint density at radius 1 is 0.584 bits per heavy atom. The molecule has 1 fully saturated rings. The fourth-order valence-electron chi connectivity index (χ4n) is 8.66. The molecule has 10 amide bonds. The molecule has 0 saturated carbocycles. The highest BCUT2D eigenvalue weighted by Crippen LogP contribution is 2.14. The predicted molar refractivity (Wildman–Crippen MR) is 299 cm³/mol. The second-order valence-corrected chi connectivity index (χ2v) is 21.2. The number of primary amides is 1. The van der Waals surface area contributed by atoms with E-state index in [9.17, 15) is 47.9 Å². The monoisotopic (exact) mass is 1110 g/mol. The van der Waals surface area contributed by atoms with Crippen molar-refractivity contribution >= 4 is 71.7 Å². The Bertz CT molecular complexity index is 1830. The fourth-order valence-corrected chi connectivity index (χ4v) is 8.93. The molecule has 0 aromatic carbocycles. The second-order valence-electron chi connectivity index (χ2n) is 20.8. The van der Waals surface area contributed by atoms with E-state index in [4.69, 9.17) is 28.7 Å². The van der Waals surface area contributed by atoms with Crippen molar-refractivity contribution in [1.82, 2.24) is 47.4 Å². The molecule has 0 aromatic heterocycles. The first-order chi connectivity index (χ1) is 36.7. The first-order valence-corrected chi connectivity index (χ1v) is 28.7. The van der Waals surface area contributed by atoms with Gasteiger partial charge in [0.2, 0.25) is 59.1 Å². The van der Waals surface area contributed by atoms with Crippen LogP contribution in [0.5, 0.6) is 0 Å². The minimum Gasteiger partial charge on any atom is -0.368 e.